The Kier molecular flexibility index (Phi) is 5.33. The minimum Gasteiger partial charge on any atom is -0.451 e. The predicted molar refractivity (Wildman–Crippen MR) is 77.6 cm³/mol. The summed E-state index contributed by atoms with van der Waals surface area (Å²) in [6, 6.07) is -0.197. The van der Waals surface area contributed by atoms with Crippen LogP contribution in [-0.2, 0) is 9.53 Å². The predicted octanol–water partition coefficient (Wildman–Crippen LogP) is 2.49. The molecule has 21 heavy (non-hydrogen) atoms. The van der Waals surface area contributed by atoms with Crippen LogP contribution < -0.4 is 0 Å². The monoisotopic (exact) mass is 295 g/mol. The molecule has 0 spiro atoms. The molecule has 2 heterocycles. The molecular formula is C15H25N3O3. The summed E-state index contributed by atoms with van der Waals surface area (Å²) in [7, 11) is 0. The fourth-order valence-corrected chi connectivity index (χ4v) is 2.81. The number of piperidine rings is 1. The van der Waals surface area contributed by atoms with E-state index >= 15 is 0 Å². The summed E-state index contributed by atoms with van der Waals surface area (Å²) in [4.78, 5) is 18.9. The summed E-state index contributed by atoms with van der Waals surface area (Å²) in [6.45, 7) is 9.55. The van der Waals surface area contributed by atoms with Gasteiger partial charge in [-0.1, -0.05) is 25.4 Å². The number of nitrogens with zero attached hydrogens (tertiary/aromatic N) is 3. The number of ether oxygens (including phenoxy) is 1. The molecule has 1 aromatic heterocycles. The average molecular weight is 295 g/mol. The topological polar surface area (TPSA) is 68.5 Å². The molecule has 0 saturated carbocycles. The maximum Gasteiger partial charge on any atom is 0.324 e. The molecule has 1 aliphatic heterocycles. The van der Waals surface area contributed by atoms with Crippen molar-refractivity contribution in [2.24, 2.45) is 5.92 Å². The molecule has 6 nitrogen and oxygen atoms in total. The highest BCUT2D eigenvalue weighted by molar-refractivity contribution is 5.76. The Labute approximate surface area is 125 Å². The van der Waals surface area contributed by atoms with E-state index in [4.69, 9.17) is 9.26 Å². The van der Waals surface area contributed by atoms with Gasteiger partial charge in [-0.2, -0.15) is 4.98 Å². The molecule has 0 bridgehead atoms. The van der Waals surface area contributed by atoms with Crippen molar-refractivity contribution >= 4 is 5.97 Å². The van der Waals surface area contributed by atoms with Gasteiger partial charge in [0.25, 0.3) is 5.89 Å². The molecule has 2 atom stereocenters. The number of esters is 1. The molecule has 1 saturated heterocycles. The Bertz CT molecular complexity index is 466. The highest BCUT2D eigenvalue weighted by Crippen LogP contribution is 2.22. The van der Waals surface area contributed by atoms with Gasteiger partial charge in [-0.05, 0) is 45.7 Å². The molecule has 0 radical (unpaired) electrons. The van der Waals surface area contributed by atoms with Gasteiger partial charge in [0, 0.05) is 0 Å². The second-order valence-electron chi connectivity index (χ2n) is 6.04. The van der Waals surface area contributed by atoms with E-state index in [0.717, 1.165) is 25.9 Å². The van der Waals surface area contributed by atoms with Gasteiger partial charge in [-0.25, -0.2) is 0 Å². The van der Waals surface area contributed by atoms with Gasteiger partial charge < -0.3 is 9.26 Å². The van der Waals surface area contributed by atoms with Crippen LogP contribution >= 0.6 is 0 Å². The van der Waals surface area contributed by atoms with Crippen molar-refractivity contribution in [1.29, 1.82) is 0 Å². The highest BCUT2D eigenvalue weighted by Gasteiger charge is 2.33. The Morgan fingerprint density at radius 1 is 1.24 bits per heavy atom. The molecule has 0 N–H and O–H groups in total. The zero-order valence-corrected chi connectivity index (χ0v) is 13.3. The summed E-state index contributed by atoms with van der Waals surface area (Å²) in [5, 5.41) is 3.73. The van der Waals surface area contributed by atoms with E-state index in [9.17, 15) is 4.79 Å². The lowest BCUT2D eigenvalue weighted by atomic mass is 9.99. The van der Waals surface area contributed by atoms with Gasteiger partial charge in [0.05, 0.1) is 0 Å². The zero-order valence-electron chi connectivity index (χ0n) is 13.3. The molecule has 2 rings (SSSR count). The lowest BCUT2D eigenvalue weighted by Gasteiger charge is -2.35. The van der Waals surface area contributed by atoms with Crippen molar-refractivity contribution in [3.8, 4) is 0 Å². The van der Waals surface area contributed by atoms with Crippen LogP contribution in [0.15, 0.2) is 4.52 Å². The maximum absolute atomic E-state index is 12.5. The van der Waals surface area contributed by atoms with Gasteiger partial charge in [0.2, 0.25) is 0 Å². The summed E-state index contributed by atoms with van der Waals surface area (Å²) >= 11 is 0. The molecule has 0 aromatic carbocycles. The first-order valence-electron chi connectivity index (χ1n) is 7.73. The van der Waals surface area contributed by atoms with Crippen molar-refractivity contribution in [3.05, 3.63) is 11.7 Å². The minimum atomic E-state index is -0.509. The number of hydrogen-bond acceptors (Lipinski definition) is 6. The number of likely N-dealkylation sites (tertiary alicyclic amines) is 1. The van der Waals surface area contributed by atoms with Crippen molar-refractivity contribution in [3.63, 3.8) is 0 Å². The van der Waals surface area contributed by atoms with Gasteiger partial charge in [0.15, 0.2) is 11.9 Å². The summed E-state index contributed by atoms with van der Waals surface area (Å²) < 4.78 is 10.6. The lowest BCUT2D eigenvalue weighted by molar-refractivity contribution is -0.158. The second-order valence-corrected chi connectivity index (χ2v) is 6.04. The minimum absolute atomic E-state index is 0.197. The van der Waals surface area contributed by atoms with Crippen LogP contribution in [0.3, 0.4) is 0 Å². The SMILES string of the molecule is Cc1noc([C@@H](C)OC(=O)[C@H](C(C)C)N2CCCCC2)n1. The molecule has 1 aliphatic rings. The average Bonchev–Trinajstić information content (AvgIpc) is 2.86. The zero-order chi connectivity index (χ0) is 15.4. The Morgan fingerprint density at radius 2 is 1.90 bits per heavy atom. The lowest BCUT2D eigenvalue weighted by Crippen LogP contribution is -2.48. The van der Waals surface area contributed by atoms with E-state index in [2.05, 4.69) is 28.9 Å². The molecule has 0 aliphatic carbocycles. The van der Waals surface area contributed by atoms with Gasteiger partial charge in [-0.15, -0.1) is 0 Å². The van der Waals surface area contributed by atoms with Crippen molar-refractivity contribution < 1.29 is 14.1 Å². The summed E-state index contributed by atoms with van der Waals surface area (Å²) in [6.07, 6.45) is 3.03. The van der Waals surface area contributed by atoms with Crippen molar-refractivity contribution in [2.75, 3.05) is 13.1 Å². The van der Waals surface area contributed by atoms with E-state index in [-0.39, 0.29) is 17.9 Å². The molecule has 0 unspecified atom stereocenters. The third-order valence-electron chi connectivity index (χ3n) is 3.84. The second kappa shape index (κ2) is 7.02. The normalized spacial score (nSPS) is 19.5. The molecule has 0 amide bonds. The summed E-state index contributed by atoms with van der Waals surface area (Å²) in [5.74, 6) is 0.911. The number of hydrogen-bond donors (Lipinski definition) is 0. The summed E-state index contributed by atoms with van der Waals surface area (Å²) in [5.41, 5.74) is 0. The highest BCUT2D eigenvalue weighted by atomic mass is 16.6. The van der Waals surface area contributed by atoms with E-state index in [1.54, 1.807) is 13.8 Å². The van der Waals surface area contributed by atoms with Crippen molar-refractivity contribution in [1.82, 2.24) is 15.0 Å². The smallest absolute Gasteiger partial charge is 0.324 e. The molecule has 6 heteroatoms. The van der Waals surface area contributed by atoms with Crippen LogP contribution in [-0.4, -0.2) is 40.1 Å². The Morgan fingerprint density at radius 3 is 2.43 bits per heavy atom. The van der Waals surface area contributed by atoms with Crippen LogP contribution in [0.25, 0.3) is 0 Å². The van der Waals surface area contributed by atoms with Crippen molar-refractivity contribution in [2.45, 2.75) is 59.1 Å². The number of rotatable bonds is 5. The van der Waals surface area contributed by atoms with Gasteiger partial charge >= 0.3 is 5.97 Å². The Hall–Kier alpha value is -1.43. The van der Waals surface area contributed by atoms with E-state index in [1.807, 2.05) is 0 Å². The van der Waals surface area contributed by atoms with Crippen LogP contribution in [0.2, 0.25) is 0 Å². The largest absolute Gasteiger partial charge is 0.451 e. The third-order valence-corrected chi connectivity index (χ3v) is 3.84. The third kappa shape index (κ3) is 4.03. The molecular weight excluding hydrogens is 270 g/mol. The maximum atomic E-state index is 12.5. The molecule has 1 aromatic rings. The van der Waals surface area contributed by atoms with Gasteiger partial charge in [-0.3, -0.25) is 9.69 Å². The van der Waals surface area contributed by atoms with Crippen LogP contribution in [0.5, 0.6) is 0 Å². The Balaban J connectivity index is 2.01. The number of carbonyl (C=O) groups excluding carboxylic acids is 1. The fraction of sp³-hybridized carbons (Fsp3) is 0.800. The number of carbonyl (C=O) groups is 1. The van der Waals surface area contributed by atoms with E-state index in [1.165, 1.54) is 6.42 Å². The molecule has 1 fully saturated rings. The van der Waals surface area contributed by atoms with Gasteiger partial charge in [0.1, 0.15) is 6.04 Å². The first-order chi connectivity index (χ1) is 9.99. The van der Waals surface area contributed by atoms with E-state index in [0.29, 0.717) is 11.7 Å². The van der Waals surface area contributed by atoms with E-state index < -0.39 is 6.10 Å². The number of aromatic nitrogens is 2. The molecule has 118 valence electrons. The quantitative estimate of drug-likeness (QED) is 0.777. The first-order valence-corrected chi connectivity index (χ1v) is 7.73. The van der Waals surface area contributed by atoms with Crippen LogP contribution in [0.4, 0.5) is 0 Å². The number of aryl methyl sites for hydroxylation is 1. The van der Waals surface area contributed by atoms with Crippen LogP contribution in [0.1, 0.15) is 57.9 Å². The van der Waals surface area contributed by atoms with Crippen LogP contribution in [0, 0.1) is 12.8 Å². The first kappa shape index (κ1) is 15.9. The standard InChI is InChI=1S/C15H25N3O3/c1-10(2)13(18-8-6-5-7-9-18)15(19)20-11(3)14-16-12(4)17-21-14/h10-11,13H,5-9H2,1-4H3/t11-,13+/m1/s1. The fourth-order valence-electron chi connectivity index (χ4n) is 2.81.